The van der Waals surface area contributed by atoms with Crippen molar-refractivity contribution in [2.45, 2.75) is 6.92 Å². The molecule has 0 atom stereocenters. The Balaban J connectivity index is 1.54. The summed E-state index contributed by atoms with van der Waals surface area (Å²) >= 11 is 9.45. The molecule has 0 bridgehead atoms. The molecule has 0 saturated carbocycles. The van der Waals surface area contributed by atoms with Crippen LogP contribution in [-0.2, 0) is 14.4 Å². The van der Waals surface area contributed by atoms with E-state index in [-0.39, 0.29) is 12.5 Å². The Morgan fingerprint density at radius 1 is 0.974 bits per heavy atom. The van der Waals surface area contributed by atoms with Crippen molar-refractivity contribution in [3.63, 3.8) is 0 Å². The van der Waals surface area contributed by atoms with Crippen LogP contribution < -0.4 is 25.5 Å². The first-order valence-electron chi connectivity index (χ1n) is 11.2. The van der Waals surface area contributed by atoms with Crippen LogP contribution in [0, 0.1) is 6.92 Å². The molecular weight excluding hydrogens is 576 g/mol. The van der Waals surface area contributed by atoms with Crippen LogP contribution in [0.3, 0.4) is 0 Å². The number of hydrogen-bond acceptors (Lipinski definition) is 6. The standard InChI is InChI=1S/C27H24BrClN4O5/c1-3-12-37-22-9-7-20(8-10-22)32-26(35)27(36)33-30-15-18-13-19(28)5-11-24(18)38-16-25(34)31-21-6-4-17(2)23(29)14-21/h3-11,13-15H,1,12,16H2,2H3,(H,31,34)(H,32,35)(H,33,36)/b30-15-. The summed E-state index contributed by atoms with van der Waals surface area (Å²) in [6.45, 7) is 5.51. The van der Waals surface area contributed by atoms with Crippen LogP contribution in [-0.4, -0.2) is 37.1 Å². The lowest BCUT2D eigenvalue weighted by atomic mass is 10.2. The van der Waals surface area contributed by atoms with Crippen LogP contribution in [0.5, 0.6) is 11.5 Å². The molecule has 9 nitrogen and oxygen atoms in total. The van der Waals surface area contributed by atoms with Crippen molar-refractivity contribution in [3.8, 4) is 11.5 Å². The summed E-state index contributed by atoms with van der Waals surface area (Å²) in [6.07, 6.45) is 2.92. The minimum Gasteiger partial charge on any atom is -0.490 e. The fourth-order valence-corrected chi connectivity index (χ4v) is 3.51. The third-order valence-electron chi connectivity index (χ3n) is 4.84. The van der Waals surface area contributed by atoms with E-state index in [1.165, 1.54) is 6.21 Å². The molecular formula is C27H24BrClN4O5. The van der Waals surface area contributed by atoms with Gasteiger partial charge in [-0.15, -0.1) is 0 Å². The van der Waals surface area contributed by atoms with Gasteiger partial charge in [0.05, 0.1) is 6.21 Å². The molecule has 0 saturated heterocycles. The molecule has 3 N–H and O–H groups in total. The Morgan fingerprint density at radius 2 is 1.71 bits per heavy atom. The van der Waals surface area contributed by atoms with Gasteiger partial charge in [0.15, 0.2) is 6.61 Å². The van der Waals surface area contributed by atoms with Crippen LogP contribution in [0.1, 0.15) is 11.1 Å². The molecule has 11 heteroatoms. The maximum atomic E-state index is 12.3. The fraction of sp³-hybridized carbons (Fsp3) is 0.111. The normalized spacial score (nSPS) is 10.5. The van der Waals surface area contributed by atoms with Crippen molar-refractivity contribution in [2.75, 3.05) is 23.8 Å². The number of halogens is 2. The van der Waals surface area contributed by atoms with E-state index in [0.717, 1.165) is 10.0 Å². The Hall–Kier alpha value is -4.15. The van der Waals surface area contributed by atoms with Gasteiger partial charge in [-0.2, -0.15) is 5.10 Å². The highest BCUT2D eigenvalue weighted by Crippen LogP contribution is 2.23. The van der Waals surface area contributed by atoms with Crippen molar-refractivity contribution >= 4 is 62.8 Å². The number of ether oxygens (including phenoxy) is 2. The molecule has 3 rings (SSSR count). The third kappa shape index (κ3) is 8.75. The van der Waals surface area contributed by atoms with E-state index in [9.17, 15) is 14.4 Å². The van der Waals surface area contributed by atoms with Crippen molar-refractivity contribution < 1.29 is 23.9 Å². The first-order chi connectivity index (χ1) is 18.2. The van der Waals surface area contributed by atoms with E-state index < -0.39 is 11.8 Å². The minimum absolute atomic E-state index is 0.278. The number of rotatable bonds is 10. The Kier molecular flexibility index (Phi) is 10.4. The summed E-state index contributed by atoms with van der Waals surface area (Å²) in [6, 6.07) is 16.7. The fourth-order valence-electron chi connectivity index (χ4n) is 2.95. The number of nitrogens with one attached hydrogen (secondary N) is 3. The molecule has 0 radical (unpaired) electrons. The quantitative estimate of drug-likeness (QED) is 0.130. The smallest absolute Gasteiger partial charge is 0.329 e. The van der Waals surface area contributed by atoms with Gasteiger partial charge in [-0.3, -0.25) is 14.4 Å². The van der Waals surface area contributed by atoms with Crippen molar-refractivity contribution in [1.29, 1.82) is 0 Å². The average Bonchev–Trinajstić information content (AvgIpc) is 2.89. The number of nitrogens with zero attached hydrogens (tertiary/aromatic N) is 1. The number of amides is 3. The molecule has 0 aliphatic carbocycles. The van der Waals surface area contributed by atoms with Crippen molar-refractivity contribution in [3.05, 3.63) is 93.9 Å². The number of anilines is 2. The first kappa shape index (κ1) is 28.4. The molecule has 0 aliphatic heterocycles. The summed E-state index contributed by atoms with van der Waals surface area (Å²) in [4.78, 5) is 36.6. The lowest BCUT2D eigenvalue weighted by Crippen LogP contribution is -2.32. The van der Waals surface area contributed by atoms with Gasteiger partial charge in [0.25, 0.3) is 5.91 Å². The molecule has 38 heavy (non-hydrogen) atoms. The predicted molar refractivity (Wildman–Crippen MR) is 151 cm³/mol. The molecule has 3 amide bonds. The van der Waals surface area contributed by atoms with Gasteiger partial charge in [0.1, 0.15) is 18.1 Å². The lowest BCUT2D eigenvalue weighted by molar-refractivity contribution is -0.136. The number of hydrazone groups is 1. The van der Waals surface area contributed by atoms with Crippen molar-refractivity contribution in [1.82, 2.24) is 5.43 Å². The number of benzene rings is 3. The van der Waals surface area contributed by atoms with Gasteiger partial charge in [0, 0.05) is 26.4 Å². The monoisotopic (exact) mass is 598 g/mol. The van der Waals surface area contributed by atoms with Gasteiger partial charge < -0.3 is 20.1 Å². The molecule has 3 aromatic rings. The minimum atomic E-state index is -0.971. The highest BCUT2D eigenvalue weighted by Gasteiger charge is 2.13. The van der Waals surface area contributed by atoms with Gasteiger partial charge >= 0.3 is 11.8 Å². The molecule has 0 aliphatic rings. The van der Waals surface area contributed by atoms with Gasteiger partial charge in [-0.25, -0.2) is 5.43 Å². The van der Waals surface area contributed by atoms with Crippen LogP contribution in [0.2, 0.25) is 5.02 Å². The summed E-state index contributed by atoms with van der Waals surface area (Å²) in [5.41, 5.74) is 4.48. The summed E-state index contributed by atoms with van der Waals surface area (Å²) < 4.78 is 11.7. The topological polar surface area (TPSA) is 118 Å². The zero-order valence-corrected chi connectivity index (χ0v) is 22.6. The van der Waals surface area contributed by atoms with Crippen molar-refractivity contribution in [2.24, 2.45) is 5.10 Å². The number of aryl methyl sites for hydroxylation is 1. The van der Waals surface area contributed by atoms with E-state index >= 15 is 0 Å². The molecule has 196 valence electrons. The second kappa shape index (κ2) is 14.0. The van der Waals surface area contributed by atoms with E-state index in [1.54, 1.807) is 66.7 Å². The maximum Gasteiger partial charge on any atom is 0.329 e. The Morgan fingerprint density at radius 3 is 2.42 bits per heavy atom. The number of carbonyl (C=O) groups excluding carboxylic acids is 3. The molecule has 0 spiro atoms. The highest BCUT2D eigenvalue weighted by atomic mass is 79.9. The number of carbonyl (C=O) groups is 3. The zero-order chi connectivity index (χ0) is 27.5. The molecule has 0 heterocycles. The SMILES string of the molecule is C=CCOc1ccc(NC(=O)C(=O)N/N=C\c2cc(Br)ccc2OCC(=O)Nc2ccc(C)c(Cl)c2)cc1. The lowest BCUT2D eigenvalue weighted by Gasteiger charge is -2.11. The van der Waals surface area contributed by atoms with E-state index in [2.05, 4.69) is 43.7 Å². The second-order valence-corrected chi connectivity index (χ2v) is 9.08. The third-order valence-corrected chi connectivity index (χ3v) is 5.74. The highest BCUT2D eigenvalue weighted by molar-refractivity contribution is 9.10. The van der Waals surface area contributed by atoms with Gasteiger partial charge in [0.2, 0.25) is 0 Å². The summed E-state index contributed by atoms with van der Waals surface area (Å²) in [5, 5.41) is 9.55. The average molecular weight is 600 g/mol. The van der Waals surface area contributed by atoms with E-state index in [4.69, 9.17) is 21.1 Å². The zero-order valence-electron chi connectivity index (χ0n) is 20.3. The van der Waals surface area contributed by atoms with E-state index in [1.807, 2.05) is 6.92 Å². The maximum absolute atomic E-state index is 12.3. The van der Waals surface area contributed by atoms with E-state index in [0.29, 0.717) is 40.1 Å². The van der Waals surface area contributed by atoms with Gasteiger partial charge in [-0.05, 0) is 67.1 Å². The largest absolute Gasteiger partial charge is 0.490 e. The van der Waals surface area contributed by atoms with Crippen LogP contribution in [0.25, 0.3) is 0 Å². The predicted octanol–water partition coefficient (Wildman–Crippen LogP) is 5.08. The Labute approximate surface area is 233 Å². The summed E-state index contributed by atoms with van der Waals surface area (Å²) in [7, 11) is 0. The van der Waals surface area contributed by atoms with Gasteiger partial charge in [-0.1, -0.05) is 46.3 Å². The molecule has 0 fully saturated rings. The first-order valence-corrected chi connectivity index (χ1v) is 12.4. The molecule has 0 unspecified atom stereocenters. The van der Waals surface area contributed by atoms with Crippen LogP contribution >= 0.6 is 27.5 Å². The molecule has 0 aromatic heterocycles. The Bertz CT molecular complexity index is 1360. The van der Waals surface area contributed by atoms with Crippen LogP contribution in [0.4, 0.5) is 11.4 Å². The number of hydrogen-bond donors (Lipinski definition) is 3. The summed E-state index contributed by atoms with van der Waals surface area (Å²) in [5.74, 6) is -1.32. The second-order valence-electron chi connectivity index (χ2n) is 7.76. The molecule has 3 aromatic carbocycles. The van der Waals surface area contributed by atoms with Crippen LogP contribution in [0.15, 0.2) is 82.9 Å².